The van der Waals surface area contributed by atoms with Crippen LogP contribution in [0.25, 0.3) is 0 Å². The largest absolute Gasteiger partial charge is 0.497 e. The number of ether oxygens (including phenoxy) is 2. The zero-order chi connectivity index (χ0) is 55.5. The van der Waals surface area contributed by atoms with Crippen molar-refractivity contribution in [2.45, 2.75) is 187 Å². The average Bonchev–Trinajstić information content (AvgIpc) is 4.04. The van der Waals surface area contributed by atoms with Crippen LogP contribution in [0.15, 0.2) is 24.3 Å². The number of cyclic esters (lactones) is 1. The van der Waals surface area contributed by atoms with E-state index in [2.05, 4.69) is 21.3 Å². The Morgan fingerprint density at radius 1 is 0.932 bits per heavy atom. The number of rotatable bonds is 14. The number of carbonyl (C=O) groups is 10. The van der Waals surface area contributed by atoms with Gasteiger partial charge >= 0.3 is 5.97 Å². The third-order valence-electron chi connectivity index (χ3n) is 14.5. The number of aliphatic hydroxyl groups excluding tert-OH is 1. The minimum atomic E-state index is -1.72. The molecule has 412 valence electrons. The van der Waals surface area contributed by atoms with Crippen LogP contribution in [0.3, 0.4) is 0 Å². The van der Waals surface area contributed by atoms with E-state index < -0.39 is 131 Å². The number of likely N-dealkylation sites (tertiary alicyclic amines) is 1. The van der Waals surface area contributed by atoms with Gasteiger partial charge in [-0.05, 0) is 94.7 Å². The zero-order valence-corrected chi connectivity index (χ0v) is 45.7. The van der Waals surface area contributed by atoms with Crippen molar-refractivity contribution >= 4 is 59.0 Å². The first kappa shape index (κ1) is 60.4. The number of benzene rings is 1. The SMILES string of the molecule is CCC(C)C1NC(=O)C(NC(=O)C(CC(C)C)N(C)C(=O)C2CCCN2C(=O)C(C)=O)C(C)OC(=O)C(Cc2ccc(OC)cc2)N(C)C(=O)C2CCCN2C(=O)C(CC(C)C)NC(=O)C(C)(C)NC(=O)CC1O. The molecule has 3 aliphatic heterocycles. The summed E-state index contributed by atoms with van der Waals surface area (Å²) < 4.78 is 11.5. The molecule has 1 aromatic carbocycles. The molecule has 8 amide bonds. The van der Waals surface area contributed by atoms with Crippen LogP contribution in [0, 0.1) is 17.8 Å². The van der Waals surface area contributed by atoms with Crippen molar-refractivity contribution in [1.82, 2.24) is 40.9 Å². The van der Waals surface area contributed by atoms with E-state index in [1.807, 2.05) is 27.7 Å². The van der Waals surface area contributed by atoms with Crippen molar-refractivity contribution in [3.05, 3.63) is 29.8 Å². The van der Waals surface area contributed by atoms with E-state index in [0.29, 0.717) is 30.6 Å². The van der Waals surface area contributed by atoms with Crippen molar-refractivity contribution in [2.24, 2.45) is 17.8 Å². The number of nitrogens with one attached hydrogen (secondary N) is 4. The fraction of sp³-hybridized carbons (Fsp3) is 0.698. The number of likely N-dealkylation sites (N-methyl/N-ethyl adjacent to an activating group) is 2. The molecule has 3 aliphatic rings. The molecule has 4 rings (SSSR count). The molecular weight excluding hydrogens is 957 g/mol. The van der Waals surface area contributed by atoms with E-state index in [-0.39, 0.29) is 57.0 Å². The molecule has 0 spiro atoms. The number of fused-ring (bicyclic) bond motifs is 1. The summed E-state index contributed by atoms with van der Waals surface area (Å²) in [6.07, 6.45) is -1.69. The predicted molar refractivity (Wildman–Crippen MR) is 273 cm³/mol. The lowest BCUT2D eigenvalue weighted by atomic mass is 9.91. The van der Waals surface area contributed by atoms with E-state index >= 15 is 0 Å². The van der Waals surface area contributed by atoms with Crippen LogP contribution in [0.4, 0.5) is 0 Å². The van der Waals surface area contributed by atoms with Crippen molar-refractivity contribution < 1.29 is 62.5 Å². The smallest absolute Gasteiger partial charge is 0.329 e. The average molecular weight is 1040 g/mol. The lowest BCUT2D eigenvalue weighted by Crippen LogP contribution is -2.62. The van der Waals surface area contributed by atoms with Crippen LogP contribution in [0.5, 0.6) is 5.75 Å². The summed E-state index contributed by atoms with van der Waals surface area (Å²) in [7, 11) is 4.31. The van der Waals surface area contributed by atoms with Gasteiger partial charge in [0.2, 0.25) is 47.1 Å². The Bertz CT molecular complexity index is 2220. The first-order valence-electron chi connectivity index (χ1n) is 26.0. The summed E-state index contributed by atoms with van der Waals surface area (Å²) in [5, 5.41) is 22.8. The number of aliphatic hydroxyl groups is 1. The normalized spacial score (nSPS) is 26.5. The van der Waals surface area contributed by atoms with Crippen LogP contribution >= 0.6 is 0 Å². The summed E-state index contributed by atoms with van der Waals surface area (Å²) in [6, 6.07) is -1.86. The lowest BCUT2D eigenvalue weighted by Gasteiger charge is -2.36. The number of hydrogen-bond donors (Lipinski definition) is 5. The topological polar surface area (TPSA) is 270 Å². The fourth-order valence-electron chi connectivity index (χ4n) is 9.89. The van der Waals surface area contributed by atoms with Crippen molar-refractivity contribution in [3.8, 4) is 5.75 Å². The number of hydrogen-bond acceptors (Lipinski definition) is 13. The second kappa shape index (κ2) is 26.4. The minimum Gasteiger partial charge on any atom is -0.497 e. The maximum absolute atomic E-state index is 14.9. The highest BCUT2D eigenvalue weighted by Gasteiger charge is 2.46. The molecule has 1 aromatic rings. The summed E-state index contributed by atoms with van der Waals surface area (Å²) in [5.74, 6) is -7.68. The van der Waals surface area contributed by atoms with E-state index in [0.717, 1.165) is 6.92 Å². The molecule has 21 heteroatoms. The monoisotopic (exact) mass is 1040 g/mol. The van der Waals surface area contributed by atoms with Gasteiger partial charge < -0.3 is 55.4 Å². The Morgan fingerprint density at radius 3 is 2.15 bits per heavy atom. The highest BCUT2D eigenvalue weighted by Crippen LogP contribution is 2.27. The lowest BCUT2D eigenvalue weighted by molar-refractivity contribution is -0.162. The number of ketones is 1. The molecule has 0 aromatic heterocycles. The fourth-order valence-corrected chi connectivity index (χ4v) is 9.89. The first-order valence-corrected chi connectivity index (χ1v) is 26.0. The molecule has 74 heavy (non-hydrogen) atoms. The van der Waals surface area contributed by atoms with Crippen molar-refractivity contribution in [3.63, 3.8) is 0 Å². The third kappa shape index (κ3) is 15.2. The molecule has 21 nitrogen and oxygen atoms in total. The number of esters is 1. The Morgan fingerprint density at radius 2 is 1.57 bits per heavy atom. The first-order chi connectivity index (χ1) is 34.6. The van der Waals surface area contributed by atoms with Gasteiger partial charge in [0.15, 0.2) is 0 Å². The number of nitrogens with zero attached hydrogens (tertiary/aromatic N) is 4. The standard InChI is InChI=1S/C53H82N8O13/c1-14-31(6)43-41(63)28-42(64)57-53(9,10)52(72)54-36(25-29(2)3)48(68)61-24-16-18-38(61)50(70)59(12)40(27-34-19-21-35(73-13)22-20-34)51(71)74-33(8)44(46(66)55-43)56-45(65)39(26-30(4)5)58(11)49(69)37-17-15-23-60(37)47(67)32(7)62/h19-22,29-31,33,36-41,43-44,63H,14-18,23-28H2,1-13H3,(H,54,72)(H,55,66)(H,56,65)(H,57,64). The molecule has 3 saturated heterocycles. The molecule has 0 aliphatic carbocycles. The van der Waals surface area contributed by atoms with Gasteiger partial charge in [0, 0.05) is 40.5 Å². The second-order valence-electron chi connectivity index (χ2n) is 21.7. The maximum Gasteiger partial charge on any atom is 0.329 e. The van der Waals surface area contributed by atoms with E-state index in [4.69, 9.17) is 9.47 Å². The molecular formula is C53H82N8O13. The van der Waals surface area contributed by atoms with Gasteiger partial charge in [0.25, 0.3) is 5.91 Å². The van der Waals surface area contributed by atoms with Crippen LogP contribution in [-0.2, 0) is 59.1 Å². The van der Waals surface area contributed by atoms with Crippen LogP contribution in [0.2, 0.25) is 0 Å². The van der Waals surface area contributed by atoms with Gasteiger partial charge in [0.1, 0.15) is 53.6 Å². The van der Waals surface area contributed by atoms with Crippen LogP contribution in [-0.4, -0.2) is 178 Å². The molecule has 10 atom stereocenters. The van der Waals surface area contributed by atoms with E-state index in [1.165, 1.54) is 61.6 Å². The summed E-state index contributed by atoms with van der Waals surface area (Å²) in [4.78, 5) is 146. The van der Waals surface area contributed by atoms with Crippen molar-refractivity contribution in [1.29, 1.82) is 0 Å². The molecule has 10 unspecified atom stereocenters. The molecule has 5 N–H and O–H groups in total. The van der Waals surface area contributed by atoms with Gasteiger partial charge in [-0.3, -0.25) is 43.2 Å². The summed E-state index contributed by atoms with van der Waals surface area (Å²) in [6.45, 7) is 16.7. The van der Waals surface area contributed by atoms with E-state index in [1.54, 1.807) is 38.1 Å². The van der Waals surface area contributed by atoms with Gasteiger partial charge in [-0.25, -0.2) is 4.79 Å². The van der Waals surface area contributed by atoms with Crippen LogP contribution in [0.1, 0.15) is 126 Å². The van der Waals surface area contributed by atoms with Gasteiger partial charge in [-0.2, -0.15) is 0 Å². The third-order valence-corrected chi connectivity index (χ3v) is 14.5. The number of carbonyl (C=O) groups excluding carboxylic acids is 10. The summed E-state index contributed by atoms with van der Waals surface area (Å²) in [5.41, 5.74) is -1.02. The van der Waals surface area contributed by atoms with Crippen molar-refractivity contribution in [2.75, 3.05) is 34.3 Å². The molecule has 3 fully saturated rings. The van der Waals surface area contributed by atoms with Gasteiger partial charge in [-0.15, -0.1) is 0 Å². The summed E-state index contributed by atoms with van der Waals surface area (Å²) >= 11 is 0. The second-order valence-corrected chi connectivity index (χ2v) is 21.7. The number of amides is 8. The zero-order valence-electron chi connectivity index (χ0n) is 45.7. The predicted octanol–water partition coefficient (Wildman–Crippen LogP) is 1.65. The highest BCUT2D eigenvalue weighted by atomic mass is 16.5. The Labute approximate surface area is 435 Å². The maximum atomic E-state index is 14.9. The Kier molecular flexibility index (Phi) is 21.6. The Balaban J connectivity index is 1.86. The number of methoxy groups -OCH3 is 1. The molecule has 0 radical (unpaired) electrons. The highest BCUT2D eigenvalue weighted by molar-refractivity contribution is 6.35. The van der Waals surface area contributed by atoms with Gasteiger partial charge in [-0.1, -0.05) is 60.1 Å². The molecule has 0 saturated carbocycles. The minimum absolute atomic E-state index is 0.0807. The molecule has 3 heterocycles. The van der Waals surface area contributed by atoms with E-state index in [9.17, 15) is 53.1 Å². The number of Topliss-reactive ketones (excluding diaryl/α,β-unsaturated/α-hetero) is 1. The van der Waals surface area contributed by atoms with Gasteiger partial charge in [0.05, 0.1) is 25.7 Å². The Hall–Kier alpha value is -6.12. The quantitative estimate of drug-likeness (QED) is 0.131. The van der Waals surface area contributed by atoms with Crippen LogP contribution < -0.4 is 26.0 Å². The molecule has 0 bridgehead atoms.